The Morgan fingerprint density at radius 2 is 1.54 bits per heavy atom. The van der Waals surface area contributed by atoms with Crippen LogP contribution in [0.15, 0.2) is 30.3 Å². The molecule has 1 heterocycles. The van der Waals surface area contributed by atoms with Crippen molar-refractivity contribution in [3.8, 4) is 0 Å². The summed E-state index contributed by atoms with van der Waals surface area (Å²) in [5.74, 6) is -4.23. The van der Waals surface area contributed by atoms with Gasteiger partial charge in [0.05, 0.1) is 24.3 Å². The fraction of sp³-hybridized carbons (Fsp3) is 0.683. The number of likely N-dealkylation sites (tertiary alicyclic amines) is 1. The molecule has 0 bridgehead atoms. The van der Waals surface area contributed by atoms with Crippen molar-refractivity contribution in [3.05, 3.63) is 35.9 Å². The molecule has 2 fully saturated rings. The highest BCUT2D eigenvalue weighted by Crippen LogP contribution is 2.30. The molecule has 312 valence electrons. The van der Waals surface area contributed by atoms with Crippen molar-refractivity contribution in [2.45, 2.75) is 148 Å². The molecule has 1 aliphatic heterocycles. The van der Waals surface area contributed by atoms with E-state index in [1.165, 1.54) is 9.80 Å². The van der Waals surface area contributed by atoms with Crippen LogP contribution in [0.25, 0.3) is 0 Å². The van der Waals surface area contributed by atoms with Crippen LogP contribution < -0.4 is 26.6 Å². The lowest BCUT2D eigenvalue weighted by Gasteiger charge is -2.38. The van der Waals surface area contributed by atoms with Crippen LogP contribution in [0.2, 0.25) is 0 Å². The van der Waals surface area contributed by atoms with Gasteiger partial charge < -0.3 is 41.1 Å². The molecule has 1 aromatic rings. The minimum absolute atomic E-state index is 0.0735. The maximum atomic E-state index is 14.4. The van der Waals surface area contributed by atoms with Crippen molar-refractivity contribution < 1.29 is 38.3 Å². The number of rotatable bonds is 15. The summed E-state index contributed by atoms with van der Waals surface area (Å²) >= 11 is 0. The summed E-state index contributed by atoms with van der Waals surface area (Å²) in [5, 5.41) is 13.6. The highest BCUT2D eigenvalue weighted by Gasteiger charge is 2.47. The third-order valence-electron chi connectivity index (χ3n) is 10.1. The van der Waals surface area contributed by atoms with Gasteiger partial charge >= 0.3 is 6.03 Å². The average Bonchev–Trinajstić information content (AvgIpc) is 3.53. The molecule has 7 amide bonds. The fourth-order valence-corrected chi connectivity index (χ4v) is 7.22. The second-order valence-corrected chi connectivity index (χ2v) is 17.7. The van der Waals surface area contributed by atoms with Crippen molar-refractivity contribution in [2.24, 2.45) is 5.41 Å². The Morgan fingerprint density at radius 1 is 0.911 bits per heavy atom. The lowest BCUT2D eigenvalue weighted by Crippen LogP contribution is -2.61. The average molecular weight is 784 g/mol. The van der Waals surface area contributed by atoms with Crippen molar-refractivity contribution in [3.63, 3.8) is 0 Å². The molecule has 56 heavy (non-hydrogen) atoms. The molecule has 2 aliphatic rings. The predicted octanol–water partition coefficient (Wildman–Crippen LogP) is 3.12. The SMILES string of the molecule is CCCC(NC(=O)C1C[C@@H](OC(C)(C)C)CN1C(=O)[C@@H](NC(=O)NC1(C)CCCCC1)C(C)(C)C)C(=O)C(=O)NCC(=O)N[C@H](C(=O)N(C)C)c1ccccc1. The number of carbonyl (C=O) groups is 7. The van der Waals surface area contributed by atoms with Crippen molar-refractivity contribution >= 4 is 41.4 Å². The first-order valence-corrected chi connectivity index (χ1v) is 19.8. The Bertz CT molecular complexity index is 1560. The molecule has 1 saturated carbocycles. The van der Waals surface area contributed by atoms with Crippen LogP contribution in [0.5, 0.6) is 0 Å². The van der Waals surface area contributed by atoms with Gasteiger partial charge in [-0.3, -0.25) is 28.8 Å². The summed E-state index contributed by atoms with van der Waals surface area (Å²) in [6.07, 6.45) is 4.95. The normalized spacial score (nSPS) is 19.8. The molecule has 1 saturated heterocycles. The number of urea groups is 1. The zero-order valence-electron chi connectivity index (χ0n) is 35.0. The Labute approximate surface area is 332 Å². The van der Waals surface area contributed by atoms with E-state index < -0.39 is 83.3 Å². The van der Waals surface area contributed by atoms with Gasteiger partial charge in [-0.05, 0) is 57.9 Å². The van der Waals surface area contributed by atoms with E-state index >= 15 is 0 Å². The number of nitrogens with one attached hydrogen (secondary N) is 5. The second-order valence-electron chi connectivity index (χ2n) is 17.7. The number of nitrogens with zero attached hydrogens (tertiary/aromatic N) is 2. The van der Waals surface area contributed by atoms with E-state index in [4.69, 9.17) is 4.74 Å². The van der Waals surface area contributed by atoms with Crippen LogP contribution in [-0.4, -0.2) is 114 Å². The summed E-state index contributed by atoms with van der Waals surface area (Å²) in [5.41, 5.74) is -1.17. The number of hydrogen-bond donors (Lipinski definition) is 5. The highest BCUT2D eigenvalue weighted by molar-refractivity contribution is 6.38. The van der Waals surface area contributed by atoms with Crippen LogP contribution >= 0.6 is 0 Å². The zero-order chi connectivity index (χ0) is 42.0. The molecular weight excluding hydrogens is 718 g/mol. The van der Waals surface area contributed by atoms with E-state index in [0.29, 0.717) is 12.0 Å². The maximum absolute atomic E-state index is 14.4. The van der Waals surface area contributed by atoms with Crippen LogP contribution in [0.1, 0.15) is 118 Å². The Hall–Kier alpha value is -4.53. The molecule has 5 N–H and O–H groups in total. The molecule has 5 atom stereocenters. The van der Waals surface area contributed by atoms with E-state index in [2.05, 4.69) is 26.6 Å². The van der Waals surface area contributed by atoms with Gasteiger partial charge in [-0.15, -0.1) is 0 Å². The number of hydrogen-bond acceptors (Lipinski definition) is 8. The van der Waals surface area contributed by atoms with Crippen molar-refractivity contribution in [1.82, 2.24) is 36.4 Å². The van der Waals surface area contributed by atoms with E-state index in [-0.39, 0.29) is 30.8 Å². The zero-order valence-corrected chi connectivity index (χ0v) is 35.0. The second kappa shape index (κ2) is 19.6. The first-order valence-electron chi connectivity index (χ1n) is 19.8. The highest BCUT2D eigenvalue weighted by atomic mass is 16.5. The molecule has 3 rings (SSSR count). The first-order chi connectivity index (χ1) is 26.0. The van der Waals surface area contributed by atoms with Gasteiger partial charge in [0.15, 0.2) is 0 Å². The summed E-state index contributed by atoms with van der Waals surface area (Å²) in [6, 6.07) is 3.84. The topological polar surface area (TPSA) is 195 Å². The number of ketones is 1. The fourth-order valence-electron chi connectivity index (χ4n) is 7.22. The van der Waals surface area contributed by atoms with E-state index in [9.17, 15) is 33.6 Å². The number of ether oxygens (including phenoxy) is 1. The summed E-state index contributed by atoms with van der Waals surface area (Å²) in [7, 11) is 3.12. The number of amides is 7. The first kappa shape index (κ1) is 45.9. The Kier molecular flexibility index (Phi) is 16.0. The molecule has 15 heteroatoms. The molecule has 0 aromatic heterocycles. The monoisotopic (exact) mass is 783 g/mol. The summed E-state index contributed by atoms with van der Waals surface area (Å²) in [6.45, 7) is 14.4. The Balaban J connectivity index is 1.76. The number of benzene rings is 1. The van der Waals surface area contributed by atoms with Gasteiger partial charge in [-0.25, -0.2) is 4.79 Å². The minimum atomic E-state index is -1.25. The van der Waals surface area contributed by atoms with Gasteiger partial charge in [-0.1, -0.05) is 83.7 Å². The molecule has 1 aliphatic carbocycles. The standard InChI is InChI=1S/C41H65N7O8/c1-11-18-28(32(50)35(52)42-24-30(49)44-31(36(53)47(9)10)26-19-14-12-15-20-26)43-34(51)29-23-27(56-40(5,6)7)25-48(29)37(54)33(39(2,3)4)45-38(55)46-41(8)21-16-13-17-22-41/h12,14-15,19-20,27-29,31,33H,11,13,16-18,21-25H2,1-10H3,(H,42,52)(H,43,51)(H,44,49)(H2,45,46,55)/t27-,28?,29?,31+,33-/m1/s1. The molecule has 2 unspecified atom stereocenters. The van der Waals surface area contributed by atoms with E-state index in [0.717, 1.165) is 32.1 Å². The van der Waals surface area contributed by atoms with E-state index in [1.807, 2.05) is 48.5 Å². The summed E-state index contributed by atoms with van der Waals surface area (Å²) in [4.78, 5) is 97.0. The maximum Gasteiger partial charge on any atom is 0.315 e. The van der Waals surface area contributed by atoms with Gasteiger partial charge in [0.2, 0.25) is 29.4 Å². The van der Waals surface area contributed by atoms with Crippen molar-refractivity contribution in [1.29, 1.82) is 0 Å². The van der Waals surface area contributed by atoms with Crippen LogP contribution in [0, 0.1) is 5.41 Å². The lowest BCUT2D eigenvalue weighted by atomic mass is 9.83. The van der Waals surface area contributed by atoms with Crippen LogP contribution in [0.3, 0.4) is 0 Å². The molecule has 0 radical (unpaired) electrons. The lowest BCUT2D eigenvalue weighted by molar-refractivity contribution is -0.144. The van der Waals surface area contributed by atoms with Crippen LogP contribution in [0.4, 0.5) is 4.79 Å². The Morgan fingerprint density at radius 3 is 2.09 bits per heavy atom. The van der Waals surface area contributed by atoms with Gasteiger partial charge in [-0.2, -0.15) is 0 Å². The molecule has 1 aromatic carbocycles. The van der Waals surface area contributed by atoms with Crippen LogP contribution in [-0.2, 0) is 33.5 Å². The summed E-state index contributed by atoms with van der Waals surface area (Å²) < 4.78 is 6.23. The predicted molar refractivity (Wildman–Crippen MR) is 212 cm³/mol. The van der Waals surface area contributed by atoms with Gasteiger partial charge in [0, 0.05) is 32.6 Å². The molecule has 15 nitrogen and oxygen atoms in total. The smallest absolute Gasteiger partial charge is 0.315 e. The van der Waals surface area contributed by atoms with Gasteiger partial charge in [0.25, 0.3) is 5.91 Å². The van der Waals surface area contributed by atoms with E-state index in [1.54, 1.807) is 51.4 Å². The minimum Gasteiger partial charge on any atom is -0.371 e. The third-order valence-corrected chi connectivity index (χ3v) is 10.1. The number of likely N-dealkylation sites (N-methyl/N-ethyl adjacent to an activating group) is 1. The largest absolute Gasteiger partial charge is 0.371 e. The van der Waals surface area contributed by atoms with Crippen molar-refractivity contribution in [2.75, 3.05) is 27.2 Å². The number of Topliss-reactive ketones (excluding diaryl/α,β-unsaturated/α-hetero) is 1. The molecule has 0 spiro atoms. The molecular formula is C41H65N7O8. The number of carbonyl (C=O) groups excluding carboxylic acids is 7. The quantitative estimate of drug-likeness (QED) is 0.167. The third kappa shape index (κ3) is 13.3. The van der Waals surface area contributed by atoms with Gasteiger partial charge in [0.1, 0.15) is 18.1 Å².